The van der Waals surface area contributed by atoms with Gasteiger partial charge in [0.25, 0.3) is 0 Å². The first-order valence-corrected chi connectivity index (χ1v) is 8.19. The van der Waals surface area contributed by atoms with Crippen LogP contribution in [0.15, 0.2) is 36.4 Å². The van der Waals surface area contributed by atoms with Crippen LogP contribution in [-0.2, 0) is 12.7 Å². The largest absolute Gasteiger partial charge is 0.435 e. The van der Waals surface area contributed by atoms with Gasteiger partial charge in [-0.2, -0.15) is 18.3 Å². The summed E-state index contributed by atoms with van der Waals surface area (Å²) in [4.78, 5) is 0. The minimum absolute atomic E-state index is 0.107. The van der Waals surface area contributed by atoms with Gasteiger partial charge in [-0.05, 0) is 49.7 Å². The third kappa shape index (κ3) is 3.83. The van der Waals surface area contributed by atoms with Crippen molar-refractivity contribution in [2.24, 2.45) is 0 Å². The van der Waals surface area contributed by atoms with E-state index in [4.69, 9.17) is 0 Å². The maximum absolute atomic E-state index is 14.4. The summed E-state index contributed by atoms with van der Waals surface area (Å²) >= 11 is 0. The van der Waals surface area contributed by atoms with Crippen LogP contribution < -0.4 is 5.32 Å². The van der Waals surface area contributed by atoms with Gasteiger partial charge >= 0.3 is 6.18 Å². The number of anilines is 1. The average molecular weight is 399 g/mol. The second-order valence-electron chi connectivity index (χ2n) is 6.26. The van der Waals surface area contributed by atoms with Crippen molar-refractivity contribution < 1.29 is 26.3 Å². The topological polar surface area (TPSA) is 29.9 Å². The molecule has 9 heteroatoms. The third-order valence-electron chi connectivity index (χ3n) is 4.20. The van der Waals surface area contributed by atoms with E-state index in [9.17, 15) is 26.3 Å². The molecule has 0 spiro atoms. The molecule has 0 aliphatic heterocycles. The van der Waals surface area contributed by atoms with Gasteiger partial charge in [0.15, 0.2) is 11.5 Å². The lowest BCUT2D eigenvalue weighted by Crippen LogP contribution is -2.09. The van der Waals surface area contributed by atoms with Crippen molar-refractivity contribution in [2.75, 3.05) is 5.32 Å². The van der Waals surface area contributed by atoms with Gasteiger partial charge in [-0.15, -0.1) is 0 Å². The predicted octanol–water partition coefficient (Wildman–Crippen LogP) is 5.54. The molecule has 0 saturated heterocycles. The first-order chi connectivity index (χ1) is 13.1. The van der Waals surface area contributed by atoms with Gasteiger partial charge in [-0.3, -0.25) is 0 Å². The Morgan fingerprint density at radius 1 is 0.964 bits per heavy atom. The first kappa shape index (κ1) is 19.8. The zero-order valence-corrected chi connectivity index (χ0v) is 14.8. The Hall–Kier alpha value is -2.97. The molecule has 28 heavy (non-hydrogen) atoms. The van der Waals surface area contributed by atoms with Crippen LogP contribution in [0.25, 0.3) is 5.69 Å². The highest BCUT2D eigenvalue weighted by molar-refractivity contribution is 5.50. The van der Waals surface area contributed by atoms with Gasteiger partial charge in [0.2, 0.25) is 0 Å². The third-order valence-corrected chi connectivity index (χ3v) is 4.20. The van der Waals surface area contributed by atoms with Crippen LogP contribution in [0.1, 0.15) is 22.5 Å². The summed E-state index contributed by atoms with van der Waals surface area (Å²) in [7, 11) is 0. The Kier molecular flexibility index (Phi) is 5.10. The number of benzene rings is 2. The van der Waals surface area contributed by atoms with Crippen LogP contribution in [-0.4, -0.2) is 9.78 Å². The molecular weight excluding hydrogens is 384 g/mol. The van der Waals surface area contributed by atoms with Crippen LogP contribution in [0.5, 0.6) is 0 Å². The lowest BCUT2D eigenvalue weighted by molar-refractivity contribution is -0.141. The number of hydrogen-bond donors (Lipinski definition) is 1. The summed E-state index contributed by atoms with van der Waals surface area (Å²) in [5.41, 5.74) is -0.904. The van der Waals surface area contributed by atoms with Crippen molar-refractivity contribution in [2.45, 2.75) is 26.6 Å². The van der Waals surface area contributed by atoms with Gasteiger partial charge < -0.3 is 5.32 Å². The quantitative estimate of drug-likeness (QED) is 0.584. The minimum atomic E-state index is -4.64. The number of nitrogens with one attached hydrogen (secondary N) is 1. The van der Waals surface area contributed by atoms with E-state index in [1.54, 1.807) is 0 Å². The fraction of sp³-hybridized carbons (Fsp3) is 0.211. The normalized spacial score (nSPS) is 11.7. The molecule has 0 saturated carbocycles. The fourth-order valence-corrected chi connectivity index (χ4v) is 2.71. The lowest BCUT2D eigenvalue weighted by Gasteiger charge is -2.12. The van der Waals surface area contributed by atoms with Crippen LogP contribution in [0.3, 0.4) is 0 Å². The molecule has 2 aromatic carbocycles. The van der Waals surface area contributed by atoms with Crippen LogP contribution >= 0.6 is 0 Å². The van der Waals surface area contributed by atoms with Crippen molar-refractivity contribution in [3.05, 3.63) is 76.4 Å². The summed E-state index contributed by atoms with van der Waals surface area (Å²) in [5, 5.41) is 6.10. The van der Waals surface area contributed by atoms with Crippen molar-refractivity contribution in [3.8, 4) is 5.69 Å². The molecule has 0 fully saturated rings. The summed E-state index contributed by atoms with van der Waals surface area (Å²) in [6.07, 6.45) is -4.64. The van der Waals surface area contributed by atoms with E-state index < -0.39 is 29.3 Å². The molecule has 148 valence electrons. The van der Waals surface area contributed by atoms with Gasteiger partial charge in [0, 0.05) is 23.5 Å². The molecule has 0 aliphatic rings. The lowest BCUT2D eigenvalue weighted by atomic mass is 10.1. The zero-order chi connectivity index (χ0) is 20.6. The Labute approximate surface area is 156 Å². The number of halogens is 6. The SMILES string of the molecule is Cc1ccc(F)c(CNc2ccc(-n3nc(C(F)(F)F)cc3C)c(F)c2)c1F. The van der Waals surface area contributed by atoms with Gasteiger partial charge in [0.05, 0.1) is 0 Å². The molecule has 1 heterocycles. The summed E-state index contributed by atoms with van der Waals surface area (Å²) in [5.74, 6) is -2.27. The first-order valence-electron chi connectivity index (χ1n) is 8.19. The Morgan fingerprint density at radius 3 is 2.29 bits per heavy atom. The average Bonchev–Trinajstić information content (AvgIpc) is 3.00. The number of nitrogens with zero attached hydrogens (tertiary/aromatic N) is 2. The van der Waals surface area contributed by atoms with Gasteiger partial charge in [-0.1, -0.05) is 6.07 Å². The Balaban J connectivity index is 1.84. The molecule has 1 N–H and O–H groups in total. The molecule has 0 aliphatic carbocycles. The summed E-state index contributed by atoms with van der Waals surface area (Å²) in [6, 6.07) is 6.91. The number of hydrogen-bond acceptors (Lipinski definition) is 2. The highest BCUT2D eigenvalue weighted by atomic mass is 19.4. The molecule has 3 rings (SSSR count). The molecule has 0 amide bonds. The summed E-state index contributed by atoms with van der Waals surface area (Å²) < 4.78 is 81.4. The minimum Gasteiger partial charge on any atom is -0.381 e. The molecular formula is C19H15F6N3. The van der Waals surface area contributed by atoms with E-state index in [2.05, 4.69) is 10.4 Å². The molecule has 3 nitrogen and oxygen atoms in total. The number of aryl methyl sites for hydroxylation is 2. The number of rotatable bonds is 4. The van der Waals surface area contributed by atoms with Crippen molar-refractivity contribution >= 4 is 5.69 Å². The molecule has 3 aromatic rings. The maximum atomic E-state index is 14.4. The van der Waals surface area contributed by atoms with E-state index in [0.29, 0.717) is 0 Å². The van der Waals surface area contributed by atoms with E-state index in [1.165, 1.54) is 32.0 Å². The van der Waals surface area contributed by atoms with E-state index in [0.717, 1.165) is 22.9 Å². The van der Waals surface area contributed by atoms with Crippen LogP contribution in [0.4, 0.5) is 32.0 Å². The second kappa shape index (κ2) is 7.21. The summed E-state index contributed by atoms with van der Waals surface area (Å²) in [6.45, 7) is 2.64. The van der Waals surface area contributed by atoms with Crippen molar-refractivity contribution in [1.29, 1.82) is 0 Å². The molecule has 1 aromatic heterocycles. The van der Waals surface area contributed by atoms with Crippen molar-refractivity contribution in [1.82, 2.24) is 9.78 Å². The Morgan fingerprint density at radius 2 is 1.68 bits per heavy atom. The van der Waals surface area contributed by atoms with Crippen molar-refractivity contribution in [3.63, 3.8) is 0 Å². The molecule has 0 bridgehead atoms. The monoisotopic (exact) mass is 399 g/mol. The predicted molar refractivity (Wildman–Crippen MR) is 91.7 cm³/mol. The van der Waals surface area contributed by atoms with Gasteiger partial charge in [0.1, 0.15) is 17.3 Å². The standard InChI is InChI=1S/C19H15F6N3/c1-10-3-5-14(20)13(18(10)22)9-26-12-4-6-16(15(21)8-12)28-11(2)7-17(27-28)19(23,24)25/h3-8,26H,9H2,1-2H3. The second-order valence-corrected chi connectivity index (χ2v) is 6.26. The smallest absolute Gasteiger partial charge is 0.381 e. The van der Waals surface area contributed by atoms with E-state index >= 15 is 0 Å². The van der Waals surface area contributed by atoms with Gasteiger partial charge in [-0.25, -0.2) is 17.9 Å². The highest BCUT2D eigenvalue weighted by Gasteiger charge is 2.34. The highest BCUT2D eigenvalue weighted by Crippen LogP contribution is 2.30. The molecule has 0 radical (unpaired) electrons. The maximum Gasteiger partial charge on any atom is 0.435 e. The van der Waals surface area contributed by atoms with E-state index in [1.807, 2.05) is 0 Å². The Bertz CT molecular complexity index is 1020. The molecule has 0 atom stereocenters. The zero-order valence-electron chi connectivity index (χ0n) is 14.8. The van der Waals surface area contributed by atoms with Crippen LogP contribution in [0, 0.1) is 31.3 Å². The fourth-order valence-electron chi connectivity index (χ4n) is 2.71. The number of aromatic nitrogens is 2. The van der Waals surface area contributed by atoms with E-state index in [-0.39, 0.29) is 34.7 Å². The van der Waals surface area contributed by atoms with Crippen LogP contribution in [0.2, 0.25) is 0 Å². The number of alkyl halides is 3. The molecule has 0 unspecified atom stereocenters.